The molecule has 0 aromatic heterocycles. The summed E-state index contributed by atoms with van der Waals surface area (Å²) in [4.78, 5) is 0. The van der Waals surface area contributed by atoms with E-state index in [1.165, 1.54) is 0 Å². The van der Waals surface area contributed by atoms with Crippen LogP contribution in [-0.2, 0) is 44.9 Å². The maximum Gasteiger partial charge on any atom is 0.310 e. The number of ether oxygens (including phenoxy) is 3. The minimum Gasteiger partial charge on any atom is -0.406 e. The van der Waals surface area contributed by atoms with Crippen molar-refractivity contribution < 1.29 is 18.6 Å². The fourth-order valence-electron chi connectivity index (χ4n) is 4.28. The molecule has 0 aliphatic heterocycles. The second-order valence-corrected chi connectivity index (χ2v) is 16.7. The highest BCUT2D eigenvalue weighted by atomic mass is 28.4. The summed E-state index contributed by atoms with van der Waals surface area (Å²) in [5.41, 5.74) is 4.24. The molecule has 1 unspecified atom stereocenters. The molecule has 0 aliphatic carbocycles. The van der Waals surface area contributed by atoms with E-state index in [0.29, 0.717) is 26.2 Å². The van der Waals surface area contributed by atoms with Crippen LogP contribution in [0.4, 0.5) is 0 Å². The Morgan fingerprint density at radius 1 is 0.512 bits per heavy atom. The zero-order valence-electron chi connectivity index (χ0n) is 25.1. The van der Waals surface area contributed by atoms with Gasteiger partial charge in [-0.1, -0.05) is 142 Å². The van der Waals surface area contributed by atoms with Crippen LogP contribution in [0.2, 0.25) is 18.1 Å². The molecule has 0 radical (unpaired) electrons. The Bertz CT molecular complexity index is 1180. The molecule has 0 saturated heterocycles. The molecule has 0 aliphatic rings. The van der Waals surface area contributed by atoms with Crippen molar-refractivity contribution in [3.8, 4) is 0 Å². The first-order chi connectivity index (χ1) is 19.7. The molecule has 4 aromatic rings. The SMILES string of the molecule is CC(C)(C)[Si](C)(C)OC(Cc1ccccc1)C(OCc1ccccc1)(OCc1ccccc1)OCc1ccccc1. The second-order valence-electron chi connectivity index (χ2n) is 12.0. The lowest BCUT2D eigenvalue weighted by atomic mass is 10.1. The van der Waals surface area contributed by atoms with Gasteiger partial charge in [0, 0.05) is 6.42 Å². The first-order valence-electron chi connectivity index (χ1n) is 14.4. The summed E-state index contributed by atoms with van der Waals surface area (Å²) >= 11 is 0. The van der Waals surface area contributed by atoms with E-state index < -0.39 is 20.4 Å². The summed E-state index contributed by atoms with van der Waals surface area (Å²) in [6.45, 7) is 12.2. The lowest BCUT2D eigenvalue weighted by Crippen LogP contribution is -2.57. The van der Waals surface area contributed by atoms with Gasteiger partial charge in [0.15, 0.2) is 8.32 Å². The predicted molar refractivity (Wildman–Crippen MR) is 169 cm³/mol. The largest absolute Gasteiger partial charge is 0.406 e. The highest BCUT2D eigenvalue weighted by molar-refractivity contribution is 6.74. The molecule has 1 atom stereocenters. The molecule has 0 N–H and O–H groups in total. The van der Waals surface area contributed by atoms with Gasteiger partial charge in [-0.2, -0.15) is 0 Å². The first-order valence-corrected chi connectivity index (χ1v) is 17.3. The van der Waals surface area contributed by atoms with Gasteiger partial charge in [-0.25, -0.2) is 0 Å². The maximum absolute atomic E-state index is 7.20. The van der Waals surface area contributed by atoms with Crippen molar-refractivity contribution in [1.82, 2.24) is 0 Å². The molecule has 41 heavy (non-hydrogen) atoms. The van der Waals surface area contributed by atoms with Crippen LogP contribution in [0.5, 0.6) is 0 Å². The topological polar surface area (TPSA) is 36.9 Å². The Morgan fingerprint density at radius 2 is 0.829 bits per heavy atom. The molecule has 0 heterocycles. The van der Waals surface area contributed by atoms with Gasteiger partial charge in [0.25, 0.3) is 0 Å². The lowest BCUT2D eigenvalue weighted by Gasteiger charge is -2.45. The number of hydrogen-bond acceptors (Lipinski definition) is 4. The summed E-state index contributed by atoms with van der Waals surface area (Å²) in [6, 6.07) is 40.9. The minimum absolute atomic E-state index is 0.0219. The third-order valence-electron chi connectivity index (χ3n) is 7.75. The smallest absolute Gasteiger partial charge is 0.310 e. The van der Waals surface area contributed by atoms with Crippen molar-refractivity contribution in [2.45, 2.75) is 77.2 Å². The third kappa shape index (κ3) is 8.96. The average Bonchev–Trinajstić information content (AvgIpc) is 2.98. The molecule has 4 aromatic carbocycles. The quantitative estimate of drug-likeness (QED) is 0.112. The molecule has 5 heteroatoms. The molecule has 0 amide bonds. The van der Waals surface area contributed by atoms with Crippen LogP contribution in [0.25, 0.3) is 0 Å². The van der Waals surface area contributed by atoms with Crippen LogP contribution in [0.3, 0.4) is 0 Å². The minimum atomic E-state index is -2.30. The fraction of sp³-hybridized carbons (Fsp3) is 0.333. The van der Waals surface area contributed by atoms with Crippen LogP contribution < -0.4 is 0 Å². The molecule has 216 valence electrons. The van der Waals surface area contributed by atoms with E-state index in [2.05, 4.69) is 94.5 Å². The number of hydrogen-bond donors (Lipinski definition) is 0. The van der Waals surface area contributed by atoms with Crippen molar-refractivity contribution in [3.63, 3.8) is 0 Å². The zero-order valence-corrected chi connectivity index (χ0v) is 26.1. The van der Waals surface area contributed by atoms with E-state index in [9.17, 15) is 0 Å². The van der Waals surface area contributed by atoms with Crippen LogP contribution in [0.15, 0.2) is 121 Å². The normalized spacial score (nSPS) is 13.2. The van der Waals surface area contributed by atoms with E-state index in [0.717, 1.165) is 22.3 Å². The van der Waals surface area contributed by atoms with E-state index >= 15 is 0 Å². The van der Waals surface area contributed by atoms with Crippen molar-refractivity contribution in [2.75, 3.05) is 0 Å². The van der Waals surface area contributed by atoms with E-state index in [1.54, 1.807) is 0 Å². The molecule has 0 bridgehead atoms. The van der Waals surface area contributed by atoms with Gasteiger partial charge in [-0.15, -0.1) is 0 Å². The average molecular weight is 569 g/mol. The van der Waals surface area contributed by atoms with Gasteiger partial charge in [0.1, 0.15) is 6.10 Å². The van der Waals surface area contributed by atoms with Crippen LogP contribution in [0, 0.1) is 0 Å². The van der Waals surface area contributed by atoms with Crippen LogP contribution in [-0.4, -0.2) is 20.4 Å². The van der Waals surface area contributed by atoms with Crippen molar-refractivity contribution >= 4 is 8.32 Å². The molecular formula is C36H44O4Si. The van der Waals surface area contributed by atoms with Crippen molar-refractivity contribution in [1.29, 1.82) is 0 Å². The van der Waals surface area contributed by atoms with Gasteiger partial charge in [-0.05, 0) is 40.4 Å². The third-order valence-corrected chi connectivity index (χ3v) is 12.2. The van der Waals surface area contributed by atoms with Crippen molar-refractivity contribution in [3.05, 3.63) is 144 Å². The Hall–Kier alpha value is -3.06. The summed E-state index contributed by atoms with van der Waals surface area (Å²) in [7, 11) is -2.30. The Labute approximate surface area is 247 Å². The first kappa shape index (κ1) is 30.9. The monoisotopic (exact) mass is 568 g/mol. The van der Waals surface area contributed by atoms with Gasteiger partial charge in [0.05, 0.1) is 19.8 Å². The van der Waals surface area contributed by atoms with Crippen molar-refractivity contribution in [2.24, 2.45) is 0 Å². The Kier molecular flexibility index (Phi) is 10.7. The molecule has 0 spiro atoms. The highest BCUT2D eigenvalue weighted by Gasteiger charge is 2.49. The molecule has 0 saturated carbocycles. The molecular weight excluding hydrogens is 524 g/mol. The van der Waals surface area contributed by atoms with E-state index in [-0.39, 0.29) is 5.04 Å². The summed E-state index contributed by atoms with van der Waals surface area (Å²) in [5, 5.41) is -0.0219. The number of rotatable bonds is 14. The molecule has 4 rings (SSSR count). The fourth-order valence-corrected chi connectivity index (χ4v) is 5.57. The standard InChI is InChI=1S/C36H44O4Si/c1-35(2,3)41(4,5)40-34(26-30-18-10-6-11-19-30)36(37-27-31-20-12-7-13-21-31,38-28-32-22-14-8-15-23-32)39-29-33-24-16-9-17-25-33/h6-25,34H,26-29H2,1-5H3. The van der Waals surface area contributed by atoms with E-state index in [1.807, 2.05) is 60.7 Å². The Balaban J connectivity index is 1.78. The van der Waals surface area contributed by atoms with Gasteiger partial charge >= 0.3 is 5.97 Å². The summed E-state index contributed by atoms with van der Waals surface area (Å²) < 4.78 is 27.6. The molecule has 4 nitrogen and oxygen atoms in total. The number of benzene rings is 4. The summed E-state index contributed by atoms with van der Waals surface area (Å²) in [5.74, 6) is -1.48. The van der Waals surface area contributed by atoms with Gasteiger partial charge in [-0.3, -0.25) is 0 Å². The summed E-state index contributed by atoms with van der Waals surface area (Å²) in [6.07, 6.45) is 0.0491. The second kappa shape index (κ2) is 14.2. The van der Waals surface area contributed by atoms with Gasteiger partial charge in [0.2, 0.25) is 0 Å². The maximum atomic E-state index is 7.20. The van der Waals surface area contributed by atoms with Gasteiger partial charge < -0.3 is 18.6 Å². The highest BCUT2D eigenvalue weighted by Crippen LogP contribution is 2.41. The lowest BCUT2D eigenvalue weighted by molar-refractivity contribution is -0.423. The predicted octanol–water partition coefficient (Wildman–Crippen LogP) is 8.92. The zero-order chi connectivity index (χ0) is 29.2. The Morgan fingerprint density at radius 3 is 1.15 bits per heavy atom. The molecule has 0 fully saturated rings. The van der Waals surface area contributed by atoms with E-state index in [4.69, 9.17) is 18.6 Å². The van der Waals surface area contributed by atoms with Crippen LogP contribution >= 0.6 is 0 Å². The van der Waals surface area contributed by atoms with Crippen LogP contribution in [0.1, 0.15) is 43.0 Å².